The topological polar surface area (TPSA) is 20.2 Å². The quantitative estimate of drug-likeness (QED) is 0.711. The summed E-state index contributed by atoms with van der Waals surface area (Å²) in [6, 6.07) is 7.66. The largest absolute Gasteiger partial charge is 0.392 e. The maximum atomic E-state index is 9.10. The first-order valence-electron chi connectivity index (χ1n) is 4.88. The number of aliphatic hydroxyl groups is 1. The molecule has 0 heterocycles. The van der Waals surface area contributed by atoms with Crippen LogP contribution in [0.25, 0.3) is 6.08 Å². The lowest BCUT2D eigenvalue weighted by Crippen LogP contribution is -1.85. The average Bonchev–Trinajstić information content (AvgIpc) is 2.07. The fraction of sp³-hybridized carbons (Fsp3) is 0.273. The molecule has 0 fully saturated rings. The fourth-order valence-corrected chi connectivity index (χ4v) is 1.01. The van der Waals surface area contributed by atoms with E-state index in [9.17, 15) is 0 Å². The van der Waals surface area contributed by atoms with E-state index in [4.69, 9.17) is 7.85 Å². The molecule has 0 spiro atoms. The third-order valence-corrected chi connectivity index (χ3v) is 1.74. The summed E-state index contributed by atoms with van der Waals surface area (Å²) >= 11 is 0. The zero-order chi connectivity index (χ0) is 10.8. The van der Waals surface area contributed by atoms with Gasteiger partial charge in [-0.2, -0.15) is 0 Å². The molecule has 0 amide bonds. The predicted octanol–water partition coefficient (Wildman–Crippen LogP) is 2.39. The molecule has 1 aromatic carbocycles. The highest BCUT2D eigenvalue weighted by atomic mass is 16.3. The summed E-state index contributed by atoms with van der Waals surface area (Å²) < 4.78 is 14.2. The SMILES string of the molecule is [2H]C([2H])(O)/C(C)=C/c1ccccc1C. The Labute approximate surface area is 76.2 Å². The summed E-state index contributed by atoms with van der Waals surface area (Å²) in [6.45, 7) is 1.29. The van der Waals surface area contributed by atoms with Gasteiger partial charge in [0, 0.05) is 0 Å². The normalized spacial score (nSPS) is 15.4. The molecule has 0 aliphatic carbocycles. The highest BCUT2D eigenvalue weighted by molar-refractivity contribution is 5.55. The fourth-order valence-electron chi connectivity index (χ4n) is 1.01. The van der Waals surface area contributed by atoms with Crippen molar-refractivity contribution in [1.29, 1.82) is 0 Å². The van der Waals surface area contributed by atoms with E-state index in [1.165, 1.54) is 0 Å². The second-order valence-corrected chi connectivity index (χ2v) is 2.80. The van der Waals surface area contributed by atoms with E-state index < -0.39 is 6.56 Å². The summed E-state index contributed by atoms with van der Waals surface area (Å²) in [5.41, 5.74) is 2.31. The van der Waals surface area contributed by atoms with Gasteiger partial charge in [-0.05, 0) is 30.5 Å². The first-order chi connectivity index (χ1) is 6.41. The number of hydrogen-bond donors (Lipinski definition) is 1. The Kier molecular flexibility index (Phi) is 2.19. The second-order valence-electron chi connectivity index (χ2n) is 2.80. The molecule has 0 unspecified atom stereocenters. The Balaban J connectivity index is 3.04. The highest BCUT2D eigenvalue weighted by Crippen LogP contribution is 2.11. The standard InChI is InChI=1S/C11H14O/c1-9(8-12)7-11-6-4-3-5-10(11)2/h3-7,12H,8H2,1-2H3/b9-7+/i8D2. The van der Waals surface area contributed by atoms with E-state index in [0.29, 0.717) is 5.57 Å². The van der Waals surface area contributed by atoms with Crippen molar-refractivity contribution in [3.05, 3.63) is 41.0 Å². The van der Waals surface area contributed by atoms with Crippen molar-refractivity contribution >= 4 is 6.08 Å². The van der Waals surface area contributed by atoms with Gasteiger partial charge in [0.25, 0.3) is 0 Å². The minimum Gasteiger partial charge on any atom is -0.392 e. The predicted molar refractivity (Wildman–Crippen MR) is 51.9 cm³/mol. The van der Waals surface area contributed by atoms with Gasteiger partial charge in [-0.3, -0.25) is 0 Å². The van der Waals surface area contributed by atoms with Gasteiger partial charge in [-0.1, -0.05) is 30.3 Å². The zero-order valence-electron chi connectivity index (χ0n) is 9.33. The van der Waals surface area contributed by atoms with Crippen LogP contribution in [0.4, 0.5) is 0 Å². The number of aryl methyl sites for hydroxylation is 1. The second kappa shape index (κ2) is 4.07. The number of benzene rings is 1. The first kappa shape index (κ1) is 6.44. The zero-order valence-corrected chi connectivity index (χ0v) is 7.33. The van der Waals surface area contributed by atoms with Crippen LogP contribution in [0.5, 0.6) is 0 Å². The van der Waals surface area contributed by atoms with Crippen molar-refractivity contribution in [1.82, 2.24) is 0 Å². The Hall–Kier alpha value is -1.08. The third kappa shape index (κ3) is 2.21. The summed E-state index contributed by atoms with van der Waals surface area (Å²) in [4.78, 5) is 0. The Morgan fingerprint density at radius 3 is 2.83 bits per heavy atom. The van der Waals surface area contributed by atoms with Crippen LogP contribution < -0.4 is 0 Å². The van der Waals surface area contributed by atoms with Crippen molar-refractivity contribution in [3.63, 3.8) is 0 Å². The molecule has 0 atom stereocenters. The van der Waals surface area contributed by atoms with Crippen LogP contribution in [0.15, 0.2) is 29.8 Å². The smallest absolute Gasteiger partial charge is 0.0642 e. The lowest BCUT2D eigenvalue weighted by Gasteiger charge is -2.00. The van der Waals surface area contributed by atoms with Crippen LogP contribution in [0, 0.1) is 6.92 Å². The molecular formula is C11H14O. The van der Waals surface area contributed by atoms with E-state index in [1.54, 1.807) is 13.0 Å². The Bertz CT molecular complexity index is 351. The van der Waals surface area contributed by atoms with Gasteiger partial charge in [0.2, 0.25) is 0 Å². The molecule has 0 bridgehead atoms. The molecule has 0 aromatic heterocycles. The van der Waals surface area contributed by atoms with E-state index in [-0.39, 0.29) is 0 Å². The minimum absolute atomic E-state index is 0.312. The molecule has 0 saturated carbocycles. The van der Waals surface area contributed by atoms with E-state index in [0.717, 1.165) is 11.1 Å². The van der Waals surface area contributed by atoms with Crippen molar-refractivity contribution < 1.29 is 7.85 Å². The summed E-state index contributed by atoms with van der Waals surface area (Å²) in [6.07, 6.45) is 1.66. The van der Waals surface area contributed by atoms with Crippen LogP contribution in [0.2, 0.25) is 0 Å². The minimum atomic E-state index is -2.23. The molecule has 12 heavy (non-hydrogen) atoms. The van der Waals surface area contributed by atoms with Gasteiger partial charge < -0.3 is 5.11 Å². The van der Waals surface area contributed by atoms with Gasteiger partial charge in [-0.15, -0.1) is 0 Å². The van der Waals surface area contributed by atoms with Crippen molar-refractivity contribution in [3.8, 4) is 0 Å². The monoisotopic (exact) mass is 164 g/mol. The maximum absolute atomic E-state index is 9.10. The maximum Gasteiger partial charge on any atom is 0.0642 e. The van der Waals surface area contributed by atoms with Gasteiger partial charge in [-0.25, -0.2) is 0 Å². The Morgan fingerprint density at radius 1 is 1.58 bits per heavy atom. The van der Waals surface area contributed by atoms with Crippen LogP contribution in [0.1, 0.15) is 20.8 Å². The van der Waals surface area contributed by atoms with Crippen LogP contribution in [0.3, 0.4) is 0 Å². The molecule has 0 aliphatic rings. The van der Waals surface area contributed by atoms with Crippen LogP contribution >= 0.6 is 0 Å². The van der Waals surface area contributed by atoms with Crippen LogP contribution in [-0.2, 0) is 0 Å². The molecule has 64 valence electrons. The van der Waals surface area contributed by atoms with E-state index >= 15 is 0 Å². The van der Waals surface area contributed by atoms with Gasteiger partial charge >= 0.3 is 0 Å². The Morgan fingerprint density at radius 2 is 2.25 bits per heavy atom. The number of hydrogen-bond acceptors (Lipinski definition) is 1. The molecule has 1 heteroatoms. The lowest BCUT2D eigenvalue weighted by molar-refractivity contribution is 0.332. The molecule has 1 rings (SSSR count). The third-order valence-electron chi connectivity index (χ3n) is 1.74. The molecule has 1 nitrogen and oxygen atoms in total. The number of rotatable bonds is 2. The molecule has 0 radical (unpaired) electrons. The van der Waals surface area contributed by atoms with Crippen molar-refractivity contribution in [2.75, 3.05) is 6.56 Å². The van der Waals surface area contributed by atoms with Gasteiger partial charge in [0.15, 0.2) is 0 Å². The summed E-state index contributed by atoms with van der Waals surface area (Å²) in [5.74, 6) is 0. The van der Waals surface area contributed by atoms with E-state index in [2.05, 4.69) is 0 Å². The van der Waals surface area contributed by atoms with Crippen molar-refractivity contribution in [2.45, 2.75) is 13.8 Å². The summed E-state index contributed by atoms with van der Waals surface area (Å²) in [7, 11) is 0. The van der Waals surface area contributed by atoms with Crippen molar-refractivity contribution in [2.24, 2.45) is 0 Å². The molecule has 1 N–H and O–H groups in total. The average molecular weight is 164 g/mol. The molecule has 1 aromatic rings. The van der Waals surface area contributed by atoms with Crippen LogP contribution in [-0.4, -0.2) is 11.7 Å². The first-order valence-corrected chi connectivity index (χ1v) is 3.88. The summed E-state index contributed by atoms with van der Waals surface area (Å²) in [5, 5.41) is 9.10. The molecular weight excluding hydrogens is 148 g/mol. The highest BCUT2D eigenvalue weighted by Gasteiger charge is 1.92. The van der Waals surface area contributed by atoms with Gasteiger partial charge in [0.1, 0.15) is 0 Å². The van der Waals surface area contributed by atoms with E-state index in [1.807, 2.05) is 31.2 Å². The van der Waals surface area contributed by atoms with Gasteiger partial charge in [0.05, 0.1) is 9.30 Å². The molecule has 0 aliphatic heterocycles. The lowest BCUT2D eigenvalue weighted by atomic mass is 10.1. The molecule has 0 saturated heterocycles.